The molecule has 1 aromatic rings. The summed E-state index contributed by atoms with van der Waals surface area (Å²) in [6.45, 7) is 3.19. The van der Waals surface area contributed by atoms with E-state index >= 15 is 0 Å². The zero-order valence-electron chi connectivity index (χ0n) is 10.4. The molecule has 1 unspecified atom stereocenters. The minimum Gasteiger partial charge on any atom is -0.480 e. The van der Waals surface area contributed by atoms with Gasteiger partial charge in [0.1, 0.15) is 11.9 Å². The number of aliphatic carboxylic acids is 1. The van der Waals surface area contributed by atoms with Crippen LogP contribution >= 0.6 is 0 Å². The molecule has 0 bridgehead atoms. The predicted molar refractivity (Wildman–Crippen MR) is 64.5 cm³/mol. The lowest BCUT2D eigenvalue weighted by atomic mass is 10.0. The van der Waals surface area contributed by atoms with Gasteiger partial charge in [-0.2, -0.15) is 0 Å². The lowest BCUT2D eigenvalue weighted by molar-refractivity contribution is -0.140. The third-order valence-electron chi connectivity index (χ3n) is 3.05. The van der Waals surface area contributed by atoms with E-state index in [4.69, 9.17) is 0 Å². The Labute approximate surface area is 108 Å². The molecule has 0 fully saturated rings. The number of nitrogens with zero attached hydrogens (tertiary/aromatic N) is 1. The third-order valence-corrected chi connectivity index (χ3v) is 3.05. The zero-order chi connectivity index (χ0) is 14.3. The number of hydrogen-bond donors (Lipinski definition) is 1. The molecule has 1 N–H and O–H groups in total. The summed E-state index contributed by atoms with van der Waals surface area (Å²) in [6, 6.07) is 2.46. The molecule has 1 atom stereocenters. The SMILES string of the molecule is CC(C)C(C(=O)O)N1C(=O)C(=O)c2cccc(F)c21. The number of Topliss-reactive ketones (excluding diaryl/α,β-unsaturated/α-hetero) is 1. The van der Waals surface area contributed by atoms with E-state index in [1.54, 1.807) is 13.8 Å². The molecule has 100 valence electrons. The molecule has 0 radical (unpaired) electrons. The maximum absolute atomic E-state index is 13.8. The monoisotopic (exact) mass is 265 g/mol. The van der Waals surface area contributed by atoms with Gasteiger partial charge in [-0.25, -0.2) is 9.18 Å². The Morgan fingerprint density at radius 2 is 1.95 bits per heavy atom. The van der Waals surface area contributed by atoms with Crippen molar-refractivity contribution in [1.82, 2.24) is 0 Å². The summed E-state index contributed by atoms with van der Waals surface area (Å²) in [7, 11) is 0. The molecule has 1 aliphatic rings. The second-order valence-electron chi connectivity index (χ2n) is 4.67. The first-order valence-electron chi connectivity index (χ1n) is 5.75. The van der Waals surface area contributed by atoms with Gasteiger partial charge in [-0.15, -0.1) is 0 Å². The predicted octanol–water partition coefficient (Wildman–Crippen LogP) is 1.46. The Morgan fingerprint density at radius 3 is 2.47 bits per heavy atom. The van der Waals surface area contributed by atoms with Gasteiger partial charge >= 0.3 is 5.97 Å². The van der Waals surface area contributed by atoms with Crippen LogP contribution in [0, 0.1) is 11.7 Å². The maximum Gasteiger partial charge on any atom is 0.327 e. The second kappa shape index (κ2) is 4.46. The molecule has 0 aromatic heterocycles. The first kappa shape index (κ1) is 13.2. The van der Waals surface area contributed by atoms with Gasteiger partial charge in [0.05, 0.1) is 11.3 Å². The molecule has 2 rings (SSSR count). The van der Waals surface area contributed by atoms with Gasteiger partial charge in [0.25, 0.3) is 11.7 Å². The molecule has 6 heteroatoms. The van der Waals surface area contributed by atoms with Crippen LogP contribution in [0.3, 0.4) is 0 Å². The highest BCUT2D eigenvalue weighted by Gasteiger charge is 2.45. The maximum atomic E-state index is 13.8. The highest BCUT2D eigenvalue weighted by atomic mass is 19.1. The van der Waals surface area contributed by atoms with Crippen molar-refractivity contribution in [2.75, 3.05) is 4.90 Å². The number of amides is 1. The number of ketones is 1. The molecule has 0 saturated heterocycles. The molecule has 1 amide bonds. The van der Waals surface area contributed by atoms with Crippen molar-refractivity contribution in [3.63, 3.8) is 0 Å². The quantitative estimate of drug-likeness (QED) is 0.840. The van der Waals surface area contributed by atoms with Gasteiger partial charge in [0.2, 0.25) is 0 Å². The third kappa shape index (κ3) is 1.89. The Bertz CT molecular complexity index is 582. The van der Waals surface area contributed by atoms with Crippen LogP contribution in [-0.2, 0) is 9.59 Å². The van der Waals surface area contributed by atoms with Crippen molar-refractivity contribution in [2.45, 2.75) is 19.9 Å². The van der Waals surface area contributed by atoms with Crippen LogP contribution in [0.4, 0.5) is 10.1 Å². The van der Waals surface area contributed by atoms with Gasteiger partial charge in [0.15, 0.2) is 0 Å². The first-order chi connectivity index (χ1) is 8.86. The Balaban J connectivity index is 2.63. The Hall–Kier alpha value is -2.24. The fourth-order valence-electron chi connectivity index (χ4n) is 2.23. The molecular weight excluding hydrogens is 253 g/mol. The molecule has 1 heterocycles. The molecule has 1 aromatic carbocycles. The molecule has 19 heavy (non-hydrogen) atoms. The minimum atomic E-state index is -1.27. The number of fused-ring (bicyclic) bond motifs is 1. The van der Waals surface area contributed by atoms with Crippen molar-refractivity contribution >= 4 is 23.3 Å². The highest BCUT2D eigenvalue weighted by Crippen LogP contribution is 2.34. The van der Waals surface area contributed by atoms with Crippen LogP contribution in [0.15, 0.2) is 18.2 Å². The van der Waals surface area contributed by atoms with Crippen LogP contribution in [-0.4, -0.2) is 28.8 Å². The molecule has 0 saturated carbocycles. The lowest BCUT2D eigenvalue weighted by Crippen LogP contribution is -2.48. The van der Waals surface area contributed by atoms with Gasteiger partial charge in [-0.3, -0.25) is 14.5 Å². The van der Waals surface area contributed by atoms with Crippen molar-refractivity contribution < 1.29 is 23.9 Å². The molecular formula is C13H12FNO4. The van der Waals surface area contributed by atoms with E-state index in [2.05, 4.69) is 0 Å². The average Bonchev–Trinajstić information content (AvgIpc) is 2.55. The Morgan fingerprint density at radius 1 is 1.32 bits per heavy atom. The number of carboxylic acid groups (broad SMARTS) is 1. The minimum absolute atomic E-state index is 0.0862. The van der Waals surface area contributed by atoms with Crippen molar-refractivity contribution in [1.29, 1.82) is 0 Å². The van der Waals surface area contributed by atoms with Crippen LogP contribution in [0.2, 0.25) is 0 Å². The summed E-state index contributed by atoms with van der Waals surface area (Å²) in [4.78, 5) is 35.7. The smallest absolute Gasteiger partial charge is 0.327 e. The molecule has 1 aliphatic heterocycles. The summed E-state index contributed by atoms with van der Waals surface area (Å²) in [5.41, 5.74) is -0.324. The topological polar surface area (TPSA) is 74.7 Å². The second-order valence-corrected chi connectivity index (χ2v) is 4.67. The fraction of sp³-hybridized carbons (Fsp3) is 0.308. The van der Waals surface area contributed by atoms with Crippen LogP contribution in [0.5, 0.6) is 0 Å². The van der Waals surface area contributed by atoms with Crippen LogP contribution in [0.1, 0.15) is 24.2 Å². The van der Waals surface area contributed by atoms with Gasteiger partial charge in [-0.1, -0.05) is 19.9 Å². The average molecular weight is 265 g/mol. The summed E-state index contributed by atoms with van der Waals surface area (Å²) in [5, 5.41) is 9.20. The molecule has 0 spiro atoms. The number of para-hydroxylation sites is 1. The van der Waals surface area contributed by atoms with E-state index < -0.39 is 35.4 Å². The van der Waals surface area contributed by atoms with E-state index in [-0.39, 0.29) is 11.3 Å². The number of anilines is 1. The number of carboxylic acids is 1. The standard InChI is InChI=1S/C13H12FNO4/c1-6(2)9(13(18)19)15-10-7(11(16)12(15)17)4-3-5-8(10)14/h3-6,9H,1-2H3,(H,18,19). The molecule has 5 nitrogen and oxygen atoms in total. The largest absolute Gasteiger partial charge is 0.480 e. The number of carbonyl (C=O) groups is 3. The first-order valence-corrected chi connectivity index (χ1v) is 5.75. The molecule has 0 aliphatic carbocycles. The van der Waals surface area contributed by atoms with Gasteiger partial charge in [-0.05, 0) is 18.1 Å². The highest BCUT2D eigenvalue weighted by molar-refractivity contribution is 6.52. The van der Waals surface area contributed by atoms with Crippen molar-refractivity contribution in [3.05, 3.63) is 29.6 Å². The van der Waals surface area contributed by atoms with E-state index in [1.807, 2.05) is 0 Å². The lowest BCUT2D eigenvalue weighted by Gasteiger charge is -2.27. The van der Waals surface area contributed by atoms with Crippen molar-refractivity contribution in [3.8, 4) is 0 Å². The Kier molecular flexibility index (Phi) is 3.09. The summed E-state index contributed by atoms with van der Waals surface area (Å²) >= 11 is 0. The van der Waals surface area contributed by atoms with Gasteiger partial charge < -0.3 is 5.11 Å². The number of benzene rings is 1. The normalized spacial score (nSPS) is 15.9. The summed E-state index contributed by atoms with van der Waals surface area (Å²) in [5.74, 6) is -4.38. The number of halogens is 1. The van der Waals surface area contributed by atoms with Gasteiger partial charge in [0, 0.05) is 0 Å². The summed E-state index contributed by atoms with van der Waals surface area (Å²) < 4.78 is 13.8. The number of carbonyl (C=O) groups excluding carboxylic acids is 2. The fourth-order valence-corrected chi connectivity index (χ4v) is 2.23. The van der Waals surface area contributed by atoms with Crippen molar-refractivity contribution in [2.24, 2.45) is 5.92 Å². The van der Waals surface area contributed by atoms with E-state index in [1.165, 1.54) is 12.1 Å². The zero-order valence-corrected chi connectivity index (χ0v) is 10.4. The van der Waals surface area contributed by atoms with E-state index in [0.717, 1.165) is 11.0 Å². The van der Waals surface area contributed by atoms with E-state index in [0.29, 0.717) is 0 Å². The van der Waals surface area contributed by atoms with E-state index in [9.17, 15) is 23.9 Å². The summed E-state index contributed by atoms with van der Waals surface area (Å²) in [6.07, 6.45) is 0. The number of hydrogen-bond acceptors (Lipinski definition) is 3. The van der Waals surface area contributed by atoms with Crippen LogP contribution in [0.25, 0.3) is 0 Å². The van der Waals surface area contributed by atoms with Crippen LogP contribution < -0.4 is 4.90 Å². The number of rotatable bonds is 3.